The third-order valence-electron chi connectivity index (χ3n) is 5.64. The number of amides is 3. The molecule has 0 saturated carbocycles. The summed E-state index contributed by atoms with van der Waals surface area (Å²) in [4.78, 5) is 39.4. The van der Waals surface area contributed by atoms with E-state index in [0.29, 0.717) is 41.8 Å². The largest absolute Gasteiger partial charge is 0.494 e. The molecule has 0 bridgehead atoms. The minimum Gasteiger partial charge on any atom is -0.494 e. The molecule has 2 N–H and O–H groups in total. The molecular weight excluding hydrogens is 506 g/mol. The van der Waals surface area contributed by atoms with Crippen LogP contribution in [0.15, 0.2) is 83.5 Å². The maximum Gasteiger partial charge on any atom is 0.283 e. The van der Waals surface area contributed by atoms with Crippen LogP contribution in [0.2, 0.25) is 0 Å². The van der Waals surface area contributed by atoms with Crippen LogP contribution in [0.5, 0.6) is 11.5 Å². The predicted octanol–water partition coefficient (Wildman–Crippen LogP) is 5.49. The van der Waals surface area contributed by atoms with Gasteiger partial charge in [0, 0.05) is 5.69 Å². The smallest absolute Gasteiger partial charge is 0.283 e. The molecule has 0 aliphatic carbocycles. The van der Waals surface area contributed by atoms with Gasteiger partial charge in [-0.1, -0.05) is 42.8 Å². The van der Waals surface area contributed by atoms with E-state index in [0.717, 1.165) is 16.9 Å². The highest BCUT2D eigenvalue weighted by molar-refractivity contribution is 6.53. The number of imide groups is 1. The van der Waals surface area contributed by atoms with Crippen molar-refractivity contribution in [3.05, 3.63) is 89.1 Å². The molecular formula is C29H28ClN3O5. The van der Waals surface area contributed by atoms with Crippen LogP contribution in [0.4, 0.5) is 17.1 Å². The summed E-state index contributed by atoms with van der Waals surface area (Å²) in [5.74, 6) is -0.0963. The second-order valence-electron chi connectivity index (χ2n) is 8.45. The molecule has 1 heterocycles. The average Bonchev–Trinajstić information content (AvgIpc) is 3.13. The Labute approximate surface area is 226 Å². The van der Waals surface area contributed by atoms with E-state index < -0.39 is 11.8 Å². The van der Waals surface area contributed by atoms with Gasteiger partial charge in [-0.2, -0.15) is 0 Å². The first-order chi connectivity index (χ1) is 18.4. The second-order valence-corrected chi connectivity index (χ2v) is 8.83. The van der Waals surface area contributed by atoms with Gasteiger partial charge in [-0.05, 0) is 67.4 Å². The molecule has 3 amide bonds. The highest BCUT2D eigenvalue weighted by Gasteiger charge is 2.39. The quantitative estimate of drug-likeness (QED) is 0.316. The fraction of sp³-hybridized carbons (Fsp3) is 0.207. The SMILES string of the molecule is CCCOc1ccccc1NC(=O)Cc1ccc(NC2=C(Cl)C(=O)N(c3ccc(OCC)cc3)C2=O)cc1. The van der Waals surface area contributed by atoms with Crippen molar-refractivity contribution in [1.82, 2.24) is 0 Å². The Kier molecular flexibility index (Phi) is 8.66. The van der Waals surface area contributed by atoms with E-state index in [-0.39, 0.29) is 23.1 Å². The van der Waals surface area contributed by atoms with E-state index in [1.54, 1.807) is 54.6 Å². The molecule has 9 heteroatoms. The van der Waals surface area contributed by atoms with Crippen LogP contribution in [-0.2, 0) is 20.8 Å². The number of rotatable bonds is 11. The normalized spacial score (nSPS) is 13.1. The lowest BCUT2D eigenvalue weighted by atomic mass is 10.1. The zero-order chi connectivity index (χ0) is 27.1. The summed E-state index contributed by atoms with van der Waals surface area (Å²) < 4.78 is 11.1. The first-order valence-electron chi connectivity index (χ1n) is 12.3. The molecule has 3 aromatic rings. The van der Waals surface area contributed by atoms with E-state index in [9.17, 15) is 14.4 Å². The molecule has 196 valence electrons. The zero-order valence-corrected chi connectivity index (χ0v) is 21.9. The van der Waals surface area contributed by atoms with Crippen LogP contribution in [0, 0.1) is 0 Å². The monoisotopic (exact) mass is 533 g/mol. The third kappa shape index (κ3) is 6.15. The van der Waals surface area contributed by atoms with E-state index in [2.05, 4.69) is 10.6 Å². The molecule has 38 heavy (non-hydrogen) atoms. The molecule has 1 aliphatic rings. The van der Waals surface area contributed by atoms with Crippen molar-refractivity contribution < 1.29 is 23.9 Å². The second kappa shape index (κ2) is 12.3. The number of carbonyl (C=O) groups is 3. The standard InChI is InChI=1S/C29H28ClN3O5/c1-3-17-38-24-8-6-5-7-23(24)32-25(34)18-19-9-11-20(12-10-19)31-27-26(30)28(35)33(29(27)36)21-13-15-22(16-14-21)37-4-2/h5-16,31H,3-4,17-18H2,1-2H3,(H,32,34). The molecule has 0 atom stereocenters. The van der Waals surface area contributed by atoms with Crippen molar-refractivity contribution in [2.24, 2.45) is 0 Å². The topological polar surface area (TPSA) is 97.0 Å². The van der Waals surface area contributed by atoms with Crippen LogP contribution >= 0.6 is 11.6 Å². The Hall–Kier alpha value is -4.30. The first-order valence-corrected chi connectivity index (χ1v) is 12.7. The molecule has 0 radical (unpaired) electrons. The summed E-state index contributed by atoms with van der Waals surface area (Å²) in [6.45, 7) is 4.96. The first kappa shape index (κ1) is 26.8. The average molecular weight is 534 g/mol. The summed E-state index contributed by atoms with van der Waals surface area (Å²) in [5, 5.41) is 5.63. The lowest BCUT2D eigenvalue weighted by Crippen LogP contribution is -2.32. The number of hydrogen-bond acceptors (Lipinski definition) is 6. The summed E-state index contributed by atoms with van der Waals surface area (Å²) in [6, 6.07) is 20.9. The van der Waals surface area contributed by atoms with Gasteiger partial charge in [-0.3, -0.25) is 14.4 Å². The van der Waals surface area contributed by atoms with E-state index in [4.69, 9.17) is 21.1 Å². The van der Waals surface area contributed by atoms with Gasteiger partial charge in [0.05, 0.1) is 31.0 Å². The summed E-state index contributed by atoms with van der Waals surface area (Å²) in [5.41, 5.74) is 2.31. The molecule has 1 aliphatic heterocycles. The summed E-state index contributed by atoms with van der Waals surface area (Å²) in [6.07, 6.45) is 1.01. The Bertz CT molecular complexity index is 1350. The van der Waals surface area contributed by atoms with Crippen molar-refractivity contribution in [2.75, 3.05) is 28.7 Å². The van der Waals surface area contributed by atoms with Crippen LogP contribution in [-0.4, -0.2) is 30.9 Å². The molecule has 0 spiro atoms. The fourth-order valence-corrected chi connectivity index (χ4v) is 4.05. The minimum absolute atomic E-state index is 0.0141. The van der Waals surface area contributed by atoms with Gasteiger partial charge in [0.15, 0.2) is 0 Å². The maximum absolute atomic E-state index is 13.0. The van der Waals surface area contributed by atoms with Gasteiger partial charge < -0.3 is 20.1 Å². The van der Waals surface area contributed by atoms with Gasteiger partial charge >= 0.3 is 0 Å². The Morgan fingerprint density at radius 3 is 2.29 bits per heavy atom. The number of nitrogens with zero attached hydrogens (tertiary/aromatic N) is 1. The summed E-state index contributed by atoms with van der Waals surface area (Å²) >= 11 is 6.24. The Morgan fingerprint density at radius 2 is 1.61 bits per heavy atom. The number of hydrogen-bond donors (Lipinski definition) is 2. The van der Waals surface area contributed by atoms with Crippen molar-refractivity contribution in [2.45, 2.75) is 26.7 Å². The van der Waals surface area contributed by atoms with E-state index in [1.165, 1.54) is 0 Å². The van der Waals surface area contributed by atoms with E-state index in [1.807, 2.05) is 32.0 Å². The Balaban J connectivity index is 1.39. The number of ether oxygens (including phenoxy) is 2. The number of para-hydroxylation sites is 2. The molecule has 0 saturated heterocycles. The molecule has 0 fully saturated rings. The minimum atomic E-state index is -0.611. The van der Waals surface area contributed by atoms with Gasteiger partial charge in [-0.15, -0.1) is 0 Å². The third-order valence-corrected chi connectivity index (χ3v) is 5.99. The van der Waals surface area contributed by atoms with Crippen LogP contribution < -0.4 is 25.0 Å². The lowest BCUT2D eigenvalue weighted by molar-refractivity contribution is -0.120. The highest BCUT2D eigenvalue weighted by Crippen LogP contribution is 2.31. The van der Waals surface area contributed by atoms with Gasteiger partial charge in [-0.25, -0.2) is 4.90 Å². The molecule has 3 aromatic carbocycles. The molecule has 8 nitrogen and oxygen atoms in total. The molecule has 0 unspecified atom stereocenters. The number of carbonyl (C=O) groups excluding carboxylic acids is 3. The van der Waals surface area contributed by atoms with Crippen molar-refractivity contribution in [3.8, 4) is 11.5 Å². The van der Waals surface area contributed by atoms with Gasteiger partial charge in [0.25, 0.3) is 11.8 Å². The van der Waals surface area contributed by atoms with Gasteiger partial charge in [0.1, 0.15) is 22.2 Å². The van der Waals surface area contributed by atoms with Crippen molar-refractivity contribution in [1.29, 1.82) is 0 Å². The highest BCUT2D eigenvalue weighted by atomic mass is 35.5. The fourth-order valence-electron chi connectivity index (χ4n) is 3.84. The lowest BCUT2D eigenvalue weighted by Gasteiger charge is -2.15. The van der Waals surface area contributed by atoms with E-state index >= 15 is 0 Å². The number of nitrogens with one attached hydrogen (secondary N) is 2. The van der Waals surface area contributed by atoms with Crippen LogP contribution in [0.3, 0.4) is 0 Å². The van der Waals surface area contributed by atoms with Crippen LogP contribution in [0.1, 0.15) is 25.8 Å². The number of benzene rings is 3. The Morgan fingerprint density at radius 1 is 0.895 bits per heavy atom. The molecule has 0 aromatic heterocycles. The van der Waals surface area contributed by atoms with Gasteiger partial charge in [0.2, 0.25) is 5.91 Å². The zero-order valence-electron chi connectivity index (χ0n) is 21.1. The predicted molar refractivity (Wildman–Crippen MR) is 148 cm³/mol. The molecule has 4 rings (SSSR count). The maximum atomic E-state index is 13.0. The number of halogens is 1. The van der Waals surface area contributed by atoms with Crippen molar-refractivity contribution in [3.63, 3.8) is 0 Å². The van der Waals surface area contributed by atoms with Crippen LogP contribution in [0.25, 0.3) is 0 Å². The number of anilines is 3. The summed E-state index contributed by atoms with van der Waals surface area (Å²) in [7, 11) is 0. The van der Waals surface area contributed by atoms with Crippen molar-refractivity contribution >= 4 is 46.4 Å².